The van der Waals surface area contributed by atoms with E-state index in [1.54, 1.807) is 6.07 Å². The summed E-state index contributed by atoms with van der Waals surface area (Å²) in [5, 5.41) is 7.96. The van der Waals surface area contributed by atoms with Gasteiger partial charge >= 0.3 is 0 Å². The minimum absolute atomic E-state index is 0.202. The largest absolute Gasteiger partial charge is 0.384 e. The van der Waals surface area contributed by atoms with E-state index in [1.807, 2.05) is 26.8 Å². The summed E-state index contributed by atoms with van der Waals surface area (Å²) in [4.78, 5) is 8.51. The number of hydrogen-bond donors (Lipinski definition) is 1. The maximum Gasteiger partial charge on any atom is 0.263 e. The average molecular weight is 285 g/mol. The summed E-state index contributed by atoms with van der Waals surface area (Å²) in [7, 11) is 0. The summed E-state index contributed by atoms with van der Waals surface area (Å²) in [5.41, 5.74) is 8.80. The maximum absolute atomic E-state index is 5.74. The van der Waals surface area contributed by atoms with Gasteiger partial charge in [0, 0.05) is 11.3 Å². The van der Waals surface area contributed by atoms with Crippen molar-refractivity contribution in [3.63, 3.8) is 0 Å². The molecule has 3 heterocycles. The smallest absolute Gasteiger partial charge is 0.263 e. The van der Waals surface area contributed by atoms with Crippen LogP contribution in [0.25, 0.3) is 22.8 Å². The molecule has 21 heavy (non-hydrogen) atoms. The molecule has 0 fully saturated rings. The van der Waals surface area contributed by atoms with Gasteiger partial charge in [-0.1, -0.05) is 24.2 Å². The number of anilines is 1. The summed E-state index contributed by atoms with van der Waals surface area (Å²) in [6, 6.07) is 3.56. The molecule has 0 unspecified atom stereocenters. The van der Waals surface area contributed by atoms with Crippen LogP contribution in [0.2, 0.25) is 0 Å². The van der Waals surface area contributed by atoms with Crippen LogP contribution >= 0.6 is 0 Å². The van der Waals surface area contributed by atoms with Crippen LogP contribution in [-0.2, 0) is 0 Å². The zero-order chi connectivity index (χ0) is 15.0. The first kappa shape index (κ1) is 13.3. The van der Waals surface area contributed by atoms with E-state index in [9.17, 15) is 0 Å². The Morgan fingerprint density at radius 2 is 1.95 bits per heavy atom. The topological polar surface area (TPSA) is 104 Å². The summed E-state index contributed by atoms with van der Waals surface area (Å²) in [5.74, 6) is 1.46. The first-order chi connectivity index (χ1) is 10.0. The maximum atomic E-state index is 5.74. The third kappa shape index (κ3) is 2.49. The Balaban J connectivity index is 2.02. The van der Waals surface area contributed by atoms with E-state index in [-0.39, 0.29) is 5.92 Å². The Hall–Kier alpha value is -2.70. The fraction of sp³-hybridized carbons (Fsp3) is 0.286. The van der Waals surface area contributed by atoms with Gasteiger partial charge in [0.1, 0.15) is 17.6 Å². The van der Waals surface area contributed by atoms with Crippen molar-refractivity contribution in [3.8, 4) is 22.8 Å². The molecule has 0 aromatic carbocycles. The number of nitrogen functional groups attached to an aromatic ring is 1. The van der Waals surface area contributed by atoms with Gasteiger partial charge in [-0.2, -0.15) is 4.98 Å². The van der Waals surface area contributed by atoms with Gasteiger partial charge in [-0.15, -0.1) is 0 Å². The lowest BCUT2D eigenvalue weighted by Crippen LogP contribution is -1.94. The molecular weight excluding hydrogens is 270 g/mol. The van der Waals surface area contributed by atoms with Crippen molar-refractivity contribution in [2.45, 2.75) is 26.7 Å². The van der Waals surface area contributed by atoms with Crippen LogP contribution in [0.15, 0.2) is 27.4 Å². The minimum Gasteiger partial charge on any atom is -0.384 e. The molecular formula is C14H15N5O2. The fourth-order valence-corrected chi connectivity index (χ4v) is 2.10. The van der Waals surface area contributed by atoms with E-state index in [4.69, 9.17) is 14.8 Å². The Bertz CT molecular complexity index is 755. The third-order valence-corrected chi connectivity index (χ3v) is 3.03. The fourth-order valence-electron chi connectivity index (χ4n) is 2.10. The van der Waals surface area contributed by atoms with Crippen LogP contribution in [0.4, 0.5) is 5.82 Å². The zero-order valence-electron chi connectivity index (χ0n) is 12.0. The second-order valence-corrected chi connectivity index (χ2v) is 5.11. The van der Waals surface area contributed by atoms with E-state index >= 15 is 0 Å². The lowest BCUT2D eigenvalue weighted by molar-refractivity contribution is 0.407. The Morgan fingerprint density at radius 3 is 2.67 bits per heavy atom. The molecule has 0 spiro atoms. The van der Waals surface area contributed by atoms with E-state index in [0.29, 0.717) is 23.1 Å². The van der Waals surface area contributed by atoms with Crippen molar-refractivity contribution in [3.05, 3.63) is 29.8 Å². The average Bonchev–Trinajstić information content (AvgIpc) is 3.06. The second-order valence-electron chi connectivity index (χ2n) is 5.11. The molecule has 0 saturated carbocycles. The van der Waals surface area contributed by atoms with Gasteiger partial charge in [0.15, 0.2) is 0 Å². The summed E-state index contributed by atoms with van der Waals surface area (Å²) < 4.78 is 10.3. The van der Waals surface area contributed by atoms with Gasteiger partial charge in [0.05, 0.1) is 5.69 Å². The predicted octanol–water partition coefficient (Wildman–Crippen LogP) is 2.80. The van der Waals surface area contributed by atoms with Gasteiger partial charge in [-0.25, -0.2) is 4.98 Å². The number of nitrogens with two attached hydrogens (primary N) is 1. The number of pyridine rings is 1. The van der Waals surface area contributed by atoms with Crippen LogP contribution in [0, 0.1) is 6.92 Å². The highest BCUT2D eigenvalue weighted by atomic mass is 16.5. The van der Waals surface area contributed by atoms with Crippen molar-refractivity contribution >= 4 is 5.82 Å². The van der Waals surface area contributed by atoms with Gasteiger partial charge in [-0.3, -0.25) is 0 Å². The van der Waals surface area contributed by atoms with Gasteiger partial charge in [0.2, 0.25) is 5.82 Å². The highest BCUT2D eigenvalue weighted by Gasteiger charge is 2.19. The molecule has 3 aromatic rings. The summed E-state index contributed by atoms with van der Waals surface area (Å²) >= 11 is 0. The van der Waals surface area contributed by atoms with Crippen LogP contribution in [0.3, 0.4) is 0 Å². The molecule has 7 nitrogen and oxygen atoms in total. The van der Waals surface area contributed by atoms with Crippen LogP contribution < -0.4 is 5.73 Å². The first-order valence-corrected chi connectivity index (χ1v) is 6.57. The van der Waals surface area contributed by atoms with Crippen LogP contribution in [0.1, 0.15) is 31.2 Å². The molecule has 2 N–H and O–H groups in total. The summed E-state index contributed by atoms with van der Waals surface area (Å²) in [6.07, 6.45) is 1.51. The quantitative estimate of drug-likeness (QED) is 0.788. The van der Waals surface area contributed by atoms with Gasteiger partial charge in [-0.05, 0) is 25.0 Å². The number of aromatic nitrogens is 4. The standard InChI is InChI=1S/C14H15N5O2/c1-7(2)12-10(6-20-18-12)14-17-13(19-21-14)9-4-8(3)16-11(15)5-9/h4-7H,1-3H3,(H2,15,16). The minimum atomic E-state index is 0.202. The molecule has 0 amide bonds. The van der Waals surface area contributed by atoms with Crippen molar-refractivity contribution in [2.24, 2.45) is 0 Å². The van der Waals surface area contributed by atoms with Crippen molar-refractivity contribution < 1.29 is 9.05 Å². The normalized spacial score (nSPS) is 11.2. The molecule has 3 rings (SSSR count). The highest BCUT2D eigenvalue weighted by molar-refractivity contribution is 5.63. The Morgan fingerprint density at radius 1 is 1.14 bits per heavy atom. The SMILES string of the molecule is Cc1cc(-c2noc(-c3conc3C(C)C)n2)cc(N)n1. The van der Waals surface area contributed by atoms with Crippen LogP contribution in [0.5, 0.6) is 0 Å². The first-order valence-electron chi connectivity index (χ1n) is 6.57. The van der Waals surface area contributed by atoms with Crippen molar-refractivity contribution in [1.82, 2.24) is 20.3 Å². The molecule has 0 aliphatic carbocycles. The molecule has 0 radical (unpaired) electrons. The van der Waals surface area contributed by atoms with E-state index in [2.05, 4.69) is 20.3 Å². The molecule has 0 atom stereocenters. The van der Waals surface area contributed by atoms with Gasteiger partial charge in [0.25, 0.3) is 5.89 Å². The van der Waals surface area contributed by atoms with Crippen LogP contribution in [-0.4, -0.2) is 20.3 Å². The highest BCUT2D eigenvalue weighted by Crippen LogP contribution is 2.29. The second kappa shape index (κ2) is 5.01. The Kier molecular flexibility index (Phi) is 3.17. The molecule has 3 aromatic heterocycles. The van der Waals surface area contributed by atoms with E-state index in [0.717, 1.165) is 17.0 Å². The van der Waals surface area contributed by atoms with Crippen molar-refractivity contribution in [1.29, 1.82) is 0 Å². The molecule has 0 aliphatic heterocycles. The molecule has 0 saturated heterocycles. The molecule has 7 heteroatoms. The number of hydrogen-bond acceptors (Lipinski definition) is 7. The monoisotopic (exact) mass is 285 g/mol. The predicted molar refractivity (Wildman–Crippen MR) is 76.3 cm³/mol. The molecule has 0 bridgehead atoms. The van der Waals surface area contributed by atoms with E-state index < -0.39 is 0 Å². The molecule has 0 aliphatic rings. The van der Waals surface area contributed by atoms with E-state index in [1.165, 1.54) is 6.26 Å². The lowest BCUT2D eigenvalue weighted by Gasteiger charge is -1.99. The molecule has 108 valence electrons. The zero-order valence-corrected chi connectivity index (χ0v) is 12.0. The third-order valence-electron chi connectivity index (χ3n) is 3.03. The van der Waals surface area contributed by atoms with Crippen molar-refractivity contribution in [2.75, 3.05) is 5.73 Å². The lowest BCUT2D eigenvalue weighted by atomic mass is 10.1. The Labute approximate surface area is 121 Å². The number of rotatable bonds is 3. The number of aryl methyl sites for hydroxylation is 1. The number of nitrogens with zero attached hydrogens (tertiary/aromatic N) is 4. The summed E-state index contributed by atoms with van der Waals surface area (Å²) in [6.45, 7) is 5.90. The van der Waals surface area contributed by atoms with Gasteiger partial charge < -0.3 is 14.8 Å².